The van der Waals surface area contributed by atoms with Crippen LogP contribution in [0, 0.1) is 6.92 Å². The minimum Gasteiger partial charge on any atom is -0.475 e. The van der Waals surface area contributed by atoms with Crippen LogP contribution in [0.3, 0.4) is 0 Å². The van der Waals surface area contributed by atoms with Gasteiger partial charge in [0.05, 0.1) is 24.3 Å². The summed E-state index contributed by atoms with van der Waals surface area (Å²) in [4.78, 5) is 33.6. The van der Waals surface area contributed by atoms with E-state index in [1.807, 2.05) is 70.8 Å². The van der Waals surface area contributed by atoms with Crippen LogP contribution in [0.4, 0.5) is 5.69 Å². The molecule has 2 aliphatic heterocycles. The number of likely N-dealkylation sites (tertiary alicyclic amines) is 1. The van der Waals surface area contributed by atoms with Crippen LogP contribution in [-0.4, -0.2) is 112 Å². The molecule has 7 rings (SSSR count). The van der Waals surface area contributed by atoms with E-state index in [-0.39, 0.29) is 18.1 Å². The zero-order chi connectivity index (χ0) is 37.2. The van der Waals surface area contributed by atoms with Gasteiger partial charge in [0.15, 0.2) is 5.82 Å². The lowest BCUT2D eigenvalue weighted by molar-refractivity contribution is -0.131. The van der Waals surface area contributed by atoms with E-state index in [0.29, 0.717) is 19.0 Å². The fourth-order valence-electron chi connectivity index (χ4n) is 6.22. The van der Waals surface area contributed by atoms with E-state index in [2.05, 4.69) is 71.9 Å². The summed E-state index contributed by atoms with van der Waals surface area (Å²) in [7, 11) is 5.55. The molecule has 0 radical (unpaired) electrons. The molecule has 0 saturated carbocycles. The first-order valence-corrected chi connectivity index (χ1v) is 17.5. The van der Waals surface area contributed by atoms with Crippen LogP contribution < -0.4 is 10.1 Å². The molecule has 13 heteroatoms. The van der Waals surface area contributed by atoms with E-state index in [9.17, 15) is 4.79 Å². The van der Waals surface area contributed by atoms with Crippen molar-refractivity contribution in [1.82, 2.24) is 39.7 Å². The number of anilines is 1. The van der Waals surface area contributed by atoms with Crippen molar-refractivity contribution in [2.24, 2.45) is 7.05 Å². The van der Waals surface area contributed by atoms with Gasteiger partial charge in [-0.25, -0.2) is 9.97 Å². The van der Waals surface area contributed by atoms with Crippen LogP contribution in [0.2, 0.25) is 0 Å². The molecule has 13 nitrogen and oxygen atoms in total. The van der Waals surface area contributed by atoms with Crippen molar-refractivity contribution in [3.05, 3.63) is 78.3 Å². The quantitative estimate of drug-likeness (QED) is 0.205. The SMILES string of the molecule is C=O.CNc1ccc2[nH]nc(-c3ccc(OC(C)C)nc3)c2c1.CO[C@H]1CCN(CC(=O)N2CC=C(c3ccc(-c4nc(C)n(C)n4)cc3)CC2)C1. The molecule has 274 valence electrons. The molecule has 0 spiro atoms. The first kappa shape index (κ1) is 37.8. The fraction of sp³-hybridized carbons (Fsp3) is 0.385. The number of nitrogens with zero attached hydrogens (tertiary/aromatic N) is 7. The first-order valence-electron chi connectivity index (χ1n) is 17.5. The Morgan fingerprint density at radius 2 is 1.81 bits per heavy atom. The van der Waals surface area contributed by atoms with Gasteiger partial charge in [0.25, 0.3) is 0 Å². The van der Waals surface area contributed by atoms with Gasteiger partial charge in [0.2, 0.25) is 11.8 Å². The molecule has 0 aliphatic carbocycles. The number of nitrogens with one attached hydrogen (secondary N) is 2. The molecular formula is C39H49N9O4. The molecule has 2 aromatic carbocycles. The highest BCUT2D eigenvalue weighted by Gasteiger charge is 2.26. The van der Waals surface area contributed by atoms with E-state index < -0.39 is 0 Å². The molecule has 1 amide bonds. The van der Waals surface area contributed by atoms with Gasteiger partial charge in [-0.3, -0.25) is 19.5 Å². The van der Waals surface area contributed by atoms with Crippen LogP contribution in [0.25, 0.3) is 39.1 Å². The van der Waals surface area contributed by atoms with Gasteiger partial charge < -0.3 is 24.5 Å². The summed E-state index contributed by atoms with van der Waals surface area (Å²) in [6, 6.07) is 18.4. The average Bonchev–Trinajstić information content (AvgIpc) is 3.91. The number of H-pyrrole nitrogens is 1. The van der Waals surface area contributed by atoms with Gasteiger partial charge in [-0.1, -0.05) is 30.3 Å². The Kier molecular flexibility index (Phi) is 12.9. The van der Waals surface area contributed by atoms with Gasteiger partial charge in [-0.05, 0) is 69.0 Å². The standard InChI is InChI=1S/C22H29N5O2.C16H18N4O.CH2O/c1-16-23-22(24-25(16)2)19-6-4-17(5-7-19)18-8-12-27(13-9-18)21(28)15-26-11-10-20(14-26)29-3;1-10(2)21-15-7-4-11(9-18-15)16-13-8-12(17-3)5-6-14(13)19-20-16;1-2/h4-8,20H,9-15H2,1-3H3;4-10,17H,1-3H3,(H,19,20);1H2/t20-;;/m0../s1. The summed E-state index contributed by atoms with van der Waals surface area (Å²) in [6.45, 7) is 11.7. The second-order valence-corrected chi connectivity index (χ2v) is 13.0. The topological polar surface area (TPSA) is 143 Å². The first-order chi connectivity index (χ1) is 25.2. The molecule has 52 heavy (non-hydrogen) atoms. The van der Waals surface area contributed by atoms with Crippen LogP contribution in [0.5, 0.6) is 5.88 Å². The van der Waals surface area contributed by atoms with Crippen LogP contribution in [0.15, 0.2) is 66.9 Å². The number of methoxy groups -OCH3 is 1. The molecule has 2 aliphatic rings. The molecule has 0 unspecified atom stereocenters. The minimum atomic E-state index is 0.118. The second-order valence-electron chi connectivity index (χ2n) is 13.0. The van der Waals surface area contributed by atoms with Crippen LogP contribution in [0.1, 0.15) is 38.1 Å². The Morgan fingerprint density at radius 1 is 1.06 bits per heavy atom. The lowest BCUT2D eigenvalue weighted by Gasteiger charge is -2.28. The molecule has 5 heterocycles. The summed E-state index contributed by atoms with van der Waals surface area (Å²) in [5.41, 5.74) is 7.44. The zero-order valence-electron chi connectivity index (χ0n) is 30.9. The molecule has 1 atom stereocenters. The maximum absolute atomic E-state index is 12.6. The molecule has 5 aromatic rings. The highest BCUT2D eigenvalue weighted by Crippen LogP contribution is 2.29. The number of rotatable bonds is 9. The lowest BCUT2D eigenvalue weighted by atomic mass is 9.98. The third-order valence-electron chi connectivity index (χ3n) is 9.20. The monoisotopic (exact) mass is 707 g/mol. The van der Waals surface area contributed by atoms with Crippen molar-refractivity contribution in [1.29, 1.82) is 0 Å². The molecule has 1 saturated heterocycles. The number of aryl methyl sites for hydroxylation is 2. The van der Waals surface area contributed by atoms with E-state index in [4.69, 9.17) is 14.3 Å². The Morgan fingerprint density at radius 3 is 2.40 bits per heavy atom. The van der Waals surface area contributed by atoms with Gasteiger partial charge in [-0.15, -0.1) is 0 Å². The number of hydrogen-bond acceptors (Lipinski definition) is 10. The number of ether oxygens (including phenoxy) is 2. The number of aromatic nitrogens is 6. The average molecular weight is 708 g/mol. The molecular weight excluding hydrogens is 658 g/mol. The predicted molar refractivity (Wildman–Crippen MR) is 204 cm³/mol. The van der Waals surface area contributed by atoms with Crippen molar-refractivity contribution in [3.63, 3.8) is 0 Å². The number of amides is 1. The summed E-state index contributed by atoms with van der Waals surface area (Å²) in [5, 5.41) is 16.1. The third kappa shape index (κ3) is 9.28. The van der Waals surface area contributed by atoms with Crippen LogP contribution >= 0.6 is 0 Å². The highest BCUT2D eigenvalue weighted by atomic mass is 16.5. The van der Waals surface area contributed by atoms with Crippen molar-refractivity contribution >= 4 is 34.9 Å². The van der Waals surface area contributed by atoms with E-state index in [1.54, 1.807) is 18.0 Å². The largest absolute Gasteiger partial charge is 0.475 e. The predicted octanol–water partition coefficient (Wildman–Crippen LogP) is 5.40. The smallest absolute Gasteiger partial charge is 0.237 e. The maximum Gasteiger partial charge on any atom is 0.237 e. The van der Waals surface area contributed by atoms with Crippen molar-refractivity contribution in [2.75, 3.05) is 52.2 Å². The fourth-order valence-corrected chi connectivity index (χ4v) is 6.22. The lowest BCUT2D eigenvalue weighted by Crippen LogP contribution is -2.41. The van der Waals surface area contributed by atoms with Crippen molar-refractivity contribution in [2.45, 2.75) is 45.8 Å². The number of benzene rings is 2. The number of fused-ring (bicyclic) bond motifs is 1. The van der Waals surface area contributed by atoms with Crippen molar-refractivity contribution in [3.8, 4) is 28.5 Å². The number of carbonyl (C=O) groups excluding carboxylic acids is 2. The molecule has 3 aromatic heterocycles. The summed E-state index contributed by atoms with van der Waals surface area (Å²) in [6.07, 6.45) is 6.25. The van der Waals surface area contributed by atoms with Crippen molar-refractivity contribution < 1.29 is 19.1 Å². The van der Waals surface area contributed by atoms with Gasteiger partial charge in [0.1, 0.15) is 18.3 Å². The molecule has 2 N–H and O–H groups in total. The molecule has 1 fully saturated rings. The Labute approximate surface area is 305 Å². The minimum absolute atomic E-state index is 0.118. The number of hydrogen-bond donors (Lipinski definition) is 2. The van der Waals surface area contributed by atoms with Gasteiger partial charge in [0, 0.05) is 81.8 Å². The van der Waals surface area contributed by atoms with Crippen LogP contribution in [-0.2, 0) is 21.4 Å². The van der Waals surface area contributed by atoms with E-state index in [0.717, 1.165) is 77.5 Å². The maximum atomic E-state index is 12.6. The van der Waals surface area contributed by atoms with Gasteiger partial charge >= 0.3 is 0 Å². The summed E-state index contributed by atoms with van der Waals surface area (Å²) < 4.78 is 12.7. The summed E-state index contributed by atoms with van der Waals surface area (Å²) in [5.74, 6) is 2.49. The zero-order valence-corrected chi connectivity index (χ0v) is 30.9. The Hall–Kier alpha value is -5.40. The number of carbonyl (C=O) groups is 2. The third-order valence-corrected chi connectivity index (χ3v) is 9.20. The molecule has 0 bridgehead atoms. The highest BCUT2D eigenvalue weighted by molar-refractivity contribution is 5.94. The normalized spacial score (nSPS) is 15.8. The second kappa shape index (κ2) is 17.7. The Bertz CT molecular complexity index is 1930. The van der Waals surface area contributed by atoms with Gasteiger partial charge in [-0.2, -0.15) is 10.2 Å². The summed E-state index contributed by atoms with van der Waals surface area (Å²) >= 11 is 0. The number of pyridine rings is 1. The van der Waals surface area contributed by atoms with E-state index >= 15 is 0 Å². The number of aromatic amines is 1. The Balaban J connectivity index is 0.000000201. The van der Waals surface area contributed by atoms with E-state index in [1.165, 1.54) is 11.1 Å².